The number of anilines is 1. The molecular formula is C13H10N6O2S. The first kappa shape index (κ1) is 14.0. The van der Waals surface area contributed by atoms with Gasteiger partial charge in [-0.25, -0.2) is 18.5 Å². The fraction of sp³-hybridized carbons (Fsp3) is 0. The van der Waals surface area contributed by atoms with Crippen molar-refractivity contribution in [2.45, 2.75) is 4.90 Å². The molecule has 3 aromatic rings. The molecule has 0 aliphatic rings. The Kier molecular flexibility index (Phi) is 3.05. The van der Waals surface area contributed by atoms with Crippen LogP contribution in [0.4, 0.5) is 5.95 Å². The smallest absolute Gasteiger partial charge is 0.238 e. The van der Waals surface area contributed by atoms with Gasteiger partial charge >= 0.3 is 0 Å². The van der Waals surface area contributed by atoms with E-state index < -0.39 is 10.0 Å². The summed E-state index contributed by atoms with van der Waals surface area (Å²) in [6.45, 7) is 0. The fourth-order valence-corrected chi connectivity index (χ4v) is 2.67. The van der Waals surface area contributed by atoms with Crippen LogP contribution in [0, 0.1) is 11.3 Å². The predicted molar refractivity (Wildman–Crippen MR) is 79.8 cm³/mol. The van der Waals surface area contributed by atoms with Gasteiger partial charge in [0.25, 0.3) is 0 Å². The van der Waals surface area contributed by atoms with E-state index in [-0.39, 0.29) is 10.8 Å². The summed E-state index contributed by atoms with van der Waals surface area (Å²) in [5, 5.41) is 14.8. The van der Waals surface area contributed by atoms with Crippen molar-refractivity contribution in [2.24, 2.45) is 5.14 Å². The van der Waals surface area contributed by atoms with Gasteiger partial charge in [0.05, 0.1) is 21.5 Å². The Hall–Kier alpha value is -2.96. The Morgan fingerprint density at radius 1 is 1.18 bits per heavy atom. The largest absolute Gasteiger partial charge is 0.368 e. The van der Waals surface area contributed by atoms with E-state index in [2.05, 4.69) is 15.0 Å². The summed E-state index contributed by atoms with van der Waals surface area (Å²) in [5.74, 6) is 0.0457. The normalized spacial score (nSPS) is 11.5. The third-order valence-corrected chi connectivity index (χ3v) is 4.05. The molecule has 0 fully saturated rings. The van der Waals surface area contributed by atoms with E-state index >= 15 is 0 Å². The molecule has 5 N–H and O–H groups in total. The van der Waals surface area contributed by atoms with E-state index in [9.17, 15) is 8.42 Å². The van der Waals surface area contributed by atoms with Gasteiger partial charge in [0, 0.05) is 11.8 Å². The van der Waals surface area contributed by atoms with E-state index in [0.717, 1.165) is 0 Å². The molecule has 0 aliphatic carbocycles. The summed E-state index contributed by atoms with van der Waals surface area (Å²) in [5.41, 5.74) is 7.53. The van der Waals surface area contributed by atoms with Crippen molar-refractivity contribution in [3.8, 4) is 17.3 Å². The number of H-pyrrole nitrogens is 1. The van der Waals surface area contributed by atoms with Crippen LogP contribution in [0.15, 0.2) is 35.4 Å². The summed E-state index contributed by atoms with van der Waals surface area (Å²) in [4.78, 5) is 11.0. The van der Waals surface area contributed by atoms with Crippen molar-refractivity contribution in [3.05, 3.63) is 36.0 Å². The van der Waals surface area contributed by atoms with Gasteiger partial charge in [-0.15, -0.1) is 0 Å². The van der Waals surface area contributed by atoms with Gasteiger partial charge in [0.2, 0.25) is 16.0 Å². The zero-order valence-corrected chi connectivity index (χ0v) is 11.9. The van der Waals surface area contributed by atoms with Gasteiger partial charge in [-0.2, -0.15) is 10.2 Å². The minimum absolute atomic E-state index is 0.0101. The number of aromatic amines is 1. The van der Waals surface area contributed by atoms with Crippen molar-refractivity contribution in [1.82, 2.24) is 15.0 Å². The first-order valence-electron chi connectivity index (χ1n) is 6.08. The third kappa shape index (κ3) is 2.26. The third-order valence-electron chi connectivity index (χ3n) is 3.13. The van der Waals surface area contributed by atoms with Crippen molar-refractivity contribution < 1.29 is 8.42 Å². The van der Waals surface area contributed by atoms with Crippen molar-refractivity contribution in [2.75, 3.05) is 5.73 Å². The Balaban J connectivity index is 2.26. The Morgan fingerprint density at radius 2 is 1.86 bits per heavy atom. The molecule has 110 valence electrons. The van der Waals surface area contributed by atoms with E-state index in [4.69, 9.17) is 16.1 Å². The minimum atomic E-state index is -3.77. The quantitative estimate of drug-likeness (QED) is 0.634. The zero-order chi connectivity index (χ0) is 15.9. The fourth-order valence-electron chi connectivity index (χ4n) is 2.15. The van der Waals surface area contributed by atoms with Crippen LogP contribution in [0.25, 0.3) is 22.3 Å². The highest BCUT2D eigenvalue weighted by molar-refractivity contribution is 7.89. The molecule has 2 aromatic heterocycles. The van der Waals surface area contributed by atoms with Crippen LogP contribution in [0.1, 0.15) is 5.56 Å². The maximum Gasteiger partial charge on any atom is 0.238 e. The number of hydrogen-bond donors (Lipinski definition) is 3. The van der Waals surface area contributed by atoms with Gasteiger partial charge in [-0.05, 0) is 12.1 Å². The monoisotopic (exact) mass is 314 g/mol. The van der Waals surface area contributed by atoms with Crippen LogP contribution in [-0.2, 0) is 10.0 Å². The van der Waals surface area contributed by atoms with Gasteiger partial charge in [-0.1, -0.05) is 12.1 Å². The molecule has 0 saturated carbocycles. The van der Waals surface area contributed by atoms with Crippen LogP contribution in [0.2, 0.25) is 0 Å². The lowest BCUT2D eigenvalue weighted by molar-refractivity contribution is 0.598. The molecule has 0 bridgehead atoms. The van der Waals surface area contributed by atoms with Crippen LogP contribution < -0.4 is 10.9 Å². The number of aromatic nitrogens is 3. The van der Waals surface area contributed by atoms with Crippen molar-refractivity contribution >= 4 is 27.0 Å². The second kappa shape index (κ2) is 4.80. The molecule has 9 heteroatoms. The lowest BCUT2D eigenvalue weighted by Crippen LogP contribution is -2.11. The van der Waals surface area contributed by atoms with Crippen LogP contribution in [-0.4, -0.2) is 23.4 Å². The van der Waals surface area contributed by atoms with Gasteiger partial charge < -0.3 is 10.7 Å². The molecule has 0 unspecified atom stereocenters. The van der Waals surface area contributed by atoms with Crippen LogP contribution >= 0.6 is 0 Å². The summed E-state index contributed by atoms with van der Waals surface area (Å²) >= 11 is 0. The number of sulfonamides is 1. The standard InChI is InChI=1S/C13H10N6O2S/c14-5-8-6-17-12-10(8)11(18-13(15)19-12)7-1-3-9(4-2-7)22(16,20)21/h1-4,6H,(H2,16,20,21)(H3,15,17,18,19). The molecule has 2 heterocycles. The highest BCUT2D eigenvalue weighted by Crippen LogP contribution is 2.29. The van der Waals surface area contributed by atoms with E-state index in [1.54, 1.807) is 12.1 Å². The van der Waals surface area contributed by atoms with Gasteiger partial charge in [0.15, 0.2) is 0 Å². The summed E-state index contributed by atoms with van der Waals surface area (Å²) in [7, 11) is -3.77. The number of nitrogens with two attached hydrogens (primary N) is 2. The second-order valence-electron chi connectivity index (χ2n) is 4.54. The number of primary sulfonamides is 1. The highest BCUT2D eigenvalue weighted by Gasteiger charge is 2.15. The molecule has 0 saturated heterocycles. The molecule has 0 amide bonds. The van der Waals surface area contributed by atoms with Crippen molar-refractivity contribution in [1.29, 1.82) is 5.26 Å². The molecule has 8 nitrogen and oxygen atoms in total. The topological polar surface area (TPSA) is 152 Å². The molecule has 1 aromatic carbocycles. The Bertz CT molecular complexity index is 1020. The molecule has 0 spiro atoms. The maximum atomic E-state index is 11.3. The maximum absolute atomic E-state index is 11.3. The van der Waals surface area contributed by atoms with Crippen LogP contribution in [0.3, 0.4) is 0 Å². The molecule has 22 heavy (non-hydrogen) atoms. The molecule has 3 rings (SSSR count). The average Bonchev–Trinajstić information content (AvgIpc) is 2.88. The molecule has 0 aliphatic heterocycles. The van der Waals surface area contributed by atoms with Gasteiger partial charge in [-0.3, -0.25) is 0 Å². The van der Waals surface area contributed by atoms with E-state index in [0.29, 0.717) is 27.9 Å². The number of nitrogens with zero attached hydrogens (tertiary/aromatic N) is 3. The summed E-state index contributed by atoms with van der Waals surface area (Å²) in [6.07, 6.45) is 1.51. The number of rotatable bonds is 2. The number of hydrogen-bond acceptors (Lipinski definition) is 6. The number of benzene rings is 1. The highest BCUT2D eigenvalue weighted by atomic mass is 32.2. The number of nitrogen functional groups attached to an aromatic ring is 1. The van der Waals surface area contributed by atoms with Crippen molar-refractivity contribution in [3.63, 3.8) is 0 Å². The second-order valence-corrected chi connectivity index (χ2v) is 6.10. The summed E-state index contributed by atoms with van der Waals surface area (Å²) < 4.78 is 22.6. The number of nitriles is 1. The summed E-state index contributed by atoms with van der Waals surface area (Å²) in [6, 6.07) is 7.89. The SMILES string of the molecule is N#Cc1c[nH]c2nc(N)nc(-c3ccc(S(N)(=O)=O)cc3)c12. The first-order chi connectivity index (χ1) is 10.4. The van der Waals surface area contributed by atoms with Crippen LogP contribution in [0.5, 0.6) is 0 Å². The van der Waals surface area contributed by atoms with E-state index in [1.165, 1.54) is 18.3 Å². The molecule has 0 atom stereocenters. The lowest BCUT2D eigenvalue weighted by atomic mass is 10.1. The Labute approximate surface area is 125 Å². The van der Waals surface area contributed by atoms with Gasteiger partial charge in [0.1, 0.15) is 11.7 Å². The predicted octanol–water partition coefficient (Wildman–Crippen LogP) is 0.726. The number of fused-ring (bicyclic) bond motifs is 1. The van der Waals surface area contributed by atoms with E-state index in [1.807, 2.05) is 6.07 Å². The average molecular weight is 314 g/mol. The lowest BCUT2D eigenvalue weighted by Gasteiger charge is -2.05. The number of nitrogens with one attached hydrogen (secondary N) is 1. The minimum Gasteiger partial charge on any atom is -0.368 e. The Morgan fingerprint density at radius 3 is 2.45 bits per heavy atom. The molecular weight excluding hydrogens is 304 g/mol. The molecule has 0 radical (unpaired) electrons. The zero-order valence-electron chi connectivity index (χ0n) is 11.1. The first-order valence-corrected chi connectivity index (χ1v) is 7.62.